The molecule has 0 bridgehead atoms. The summed E-state index contributed by atoms with van der Waals surface area (Å²) in [5.74, 6) is -0.0806. The average Bonchev–Trinajstić information content (AvgIpc) is 3.33. The van der Waals surface area contributed by atoms with E-state index in [9.17, 15) is 9.59 Å². The Bertz CT molecular complexity index is 1150. The SMILES string of the molecule is CCOc1ccccc1NC1=C(c2cccs2)C(=O)N(c2ccc(C)c(C)c2)C1=O. The van der Waals surface area contributed by atoms with Gasteiger partial charge in [-0.2, -0.15) is 0 Å². The van der Waals surface area contributed by atoms with Gasteiger partial charge < -0.3 is 10.1 Å². The maximum atomic E-state index is 13.4. The largest absolute Gasteiger partial charge is 0.492 e. The van der Waals surface area contributed by atoms with Crippen LogP contribution in [0.5, 0.6) is 5.75 Å². The number of hydrogen-bond acceptors (Lipinski definition) is 5. The van der Waals surface area contributed by atoms with E-state index in [4.69, 9.17) is 4.74 Å². The Morgan fingerprint density at radius 3 is 2.47 bits per heavy atom. The van der Waals surface area contributed by atoms with E-state index in [1.54, 1.807) is 6.07 Å². The van der Waals surface area contributed by atoms with Crippen LogP contribution in [0.25, 0.3) is 5.57 Å². The third kappa shape index (κ3) is 3.50. The Kier molecular flexibility index (Phi) is 5.42. The van der Waals surface area contributed by atoms with Gasteiger partial charge in [0.05, 0.1) is 23.6 Å². The first-order valence-electron chi connectivity index (χ1n) is 9.74. The van der Waals surface area contributed by atoms with Crippen LogP contribution < -0.4 is 15.0 Å². The molecule has 0 fully saturated rings. The van der Waals surface area contributed by atoms with E-state index < -0.39 is 0 Å². The van der Waals surface area contributed by atoms with Crippen LogP contribution in [0.3, 0.4) is 0 Å². The number of carbonyl (C=O) groups is 2. The number of para-hydroxylation sites is 2. The molecular formula is C24H22N2O3S. The van der Waals surface area contributed by atoms with E-state index in [1.807, 2.05) is 74.7 Å². The van der Waals surface area contributed by atoms with Gasteiger partial charge in [-0.3, -0.25) is 9.59 Å². The van der Waals surface area contributed by atoms with Gasteiger partial charge in [0.1, 0.15) is 11.4 Å². The quantitative estimate of drug-likeness (QED) is 0.562. The summed E-state index contributed by atoms with van der Waals surface area (Å²) < 4.78 is 5.68. The van der Waals surface area contributed by atoms with Gasteiger partial charge in [0, 0.05) is 4.88 Å². The first kappa shape index (κ1) is 19.9. The van der Waals surface area contributed by atoms with Crippen molar-refractivity contribution in [2.45, 2.75) is 20.8 Å². The number of carbonyl (C=O) groups excluding carboxylic acids is 2. The second kappa shape index (κ2) is 8.16. The zero-order valence-corrected chi connectivity index (χ0v) is 17.9. The Hall–Kier alpha value is -3.38. The maximum Gasteiger partial charge on any atom is 0.282 e. The number of rotatable bonds is 6. The summed E-state index contributed by atoms with van der Waals surface area (Å²) >= 11 is 1.43. The molecule has 30 heavy (non-hydrogen) atoms. The minimum absolute atomic E-state index is 0.257. The number of nitrogens with zero attached hydrogens (tertiary/aromatic N) is 1. The number of nitrogens with one attached hydrogen (secondary N) is 1. The molecule has 4 rings (SSSR count). The highest BCUT2D eigenvalue weighted by atomic mass is 32.1. The summed E-state index contributed by atoms with van der Waals surface area (Å²) in [6.07, 6.45) is 0. The molecular weight excluding hydrogens is 396 g/mol. The predicted molar refractivity (Wildman–Crippen MR) is 121 cm³/mol. The summed E-state index contributed by atoms with van der Waals surface area (Å²) in [5, 5.41) is 5.08. The minimum atomic E-state index is -0.377. The third-order valence-electron chi connectivity index (χ3n) is 5.05. The van der Waals surface area contributed by atoms with E-state index in [0.29, 0.717) is 29.3 Å². The molecule has 1 aliphatic heterocycles. The van der Waals surface area contributed by atoms with Crippen LogP contribution in [0, 0.1) is 13.8 Å². The monoisotopic (exact) mass is 418 g/mol. The third-order valence-corrected chi connectivity index (χ3v) is 5.93. The zero-order valence-electron chi connectivity index (χ0n) is 17.1. The summed E-state index contributed by atoms with van der Waals surface area (Å²) in [5.41, 5.74) is 3.97. The van der Waals surface area contributed by atoms with Gasteiger partial charge in [-0.15, -0.1) is 11.3 Å². The number of benzene rings is 2. The molecule has 2 amide bonds. The number of imide groups is 1. The fourth-order valence-electron chi connectivity index (χ4n) is 3.38. The van der Waals surface area contributed by atoms with Crippen molar-refractivity contribution in [1.29, 1.82) is 0 Å². The second-order valence-corrected chi connectivity index (χ2v) is 7.94. The van der Waals surface area contributed by atoms with Crippen molar-refractivity contribution in [2.75, 3.05) is 16.8 Å². The predicted octanol–water partition coefficient (Wildman–Crippen LogP) is 5.16. The smallest absolute Gasteiger partial charge is 0.282 e. The summed E-state index contributed by atoms with van der Waals surface area (Å²) in [6, 6.07) is 16.7. The molecule has 152 valence electrons. The van der Waals surface area contributed by atoms with Crippen LogP contribution >= 0.6 is 11.3 Å². The Morgan fingerprint density at radius 2 is 1.77 bits per heavy atom. The Morgan fingerprint density at radius 1 is 0.967 bits per heavy atom. The van der Waals surface area contributed by atoms with Crippen LogP contribution in [-0.4, -0.2) is 18.4 Å². The van der Waals surface area contributed by atoms with Crippen LogP contribution in [0.15, 0.2) is 65.7 Å². The fraction of sp³-hybridized carbons (Fsp3) is 0.167. The summed E-state index contributed by atoms with van der Waals surface area (Å²) in [4.78, 5) is 28.8. The van der Waals surface area contributed by atoms with Crippen LogP contribution in [0.1, 0.15) is 22.9 Å². The summed E-state index contributed by atoms with van der Waals surface area (Å²) in [6.45, 7) is 6.37. The number of aryl methyl sites for hydroxylation is 2. The lowest BCUT2D eigenvalue weighted by molar-refractivity contribution is -0.120. The first-order chi connectivity index (χ1) is 14.5. The molecule has 0 saturated heterocycles. The van der Waals surface area contributed by atoms with Gasteiger partial charge in [-0.25, -0.2) is 4.90 Å². The van der Waals surface area contributed by atoms with Crippen LogP contribution in [0.4, 0.5) is 11.4 Å². The lowest BCUT2D eigenvalue weighted by Crippen LogP contribution is -2.32. The molecule has 5 nitrogen and oxygen atoms in total. The molecule has 0 unspecified atom stereocenters. The van der Waals surface area contributed by atoms with Gasteiger partial charge >= 0.3 is 0 Å². The van der Waals surface area contributed by atoms with Crippen molar-refractivity contribution in [2.24, 2.45) is 0 Å². The van der Waals surface area contributed by atoms with Crippen LogP contribution in [-0.2, 0) is 9.59 Å². The van der Waals surface area contributed by atoms with Crippen molar-refractivity contribution >= 4 is 40.1 Å². The standard InChI is InChI=1S/C24H22N2O3S/c1-4-29-19-9-6-5-8-18(19)25-22-21(20-10-7-13-30-20)23(27)26(24(22)28)17-12-11-15(2)16(3)14-17/h5-14,25H,4H2,1-3H3. The van der Waals surface area contributed by atoms with Crippen molar-refractivity contribution < 1.29 is 14.3 Å². The highest BCUT2D eigenvalue weighted by Gasteiger charge is 2.41. The molecule has 0 atom stereocenters. The normalized spacial score (nSPS) is 13.9. The van der Waals surface area contributed by atoms with E-state index in [1.165, 1.54) is 16.2 Å². The van der Waals surface area contributed by atoms with E-state index in [-0.39, 0.29) is 17.5 Å². The van der Waals surface area contributed by atoms with Gasteiger partial charge in [0.15, 0.2) is 0 Å². The molecule has 0 radical (unpaired) electrons. The number of ether oxygens (including phenoxy) is 1. The van der Waals surface area contributed by atoms with Gasteiger partial charge in [-0.05, 0) is 67.6 Å². The molecule has 2 heterocycles. The molecule has 1 aromatic heterocycles. The topological polar surface area (TPSA) is 58.6 Å². The highest BCUT2D eigenvalue weighted by Crippen LogP contribution is 2.37. The fourth-order valence-corrected chi connectivity index (χ4v) is 4.15. The first-order valence-corrected chi connectivity index (χ1v) is 10.6. The molecule has 6 heteroatoms. The van der Waals surface area contributed by atoms with E-state index in [0.717, 1.165) is 16.0 Å². The van der Waals surface area contributed by atoms with Gasteiger partial charge in [0.25, 0.3) is 11.8 Å². The average molecular weight is 419 g/mol. The summed E-state index contributed by atoms with van der Waals surface area (Å²) in [7, 11) is 0. The molecule has 0 spiro atoms. The van der Waals surface area contributed by atoms with Gasteiger partial charge in [-0.1, -0.05) is 24.3 Å². The van der Waals surface area contributed by atoms with Crippen molar-refractivity contribution in [3.05, 3.63) is 81.7 Å². The minimum Gasteiger partial charge on any atom is -0.492 e. The molecule has 1 aliphatic rings. The molecule has 0 saturated carbocycles. The maximum absolute atomic E-state index is 13.4. The Balaban J connectivity index is 1.80. The van der Waals surface area contributed by atoms with Crippen molar-refractivity contribution in [3.8, 4) is 5.75 Å². The van der Waals surface area contributed by atoms with E-state index in [2.05, 4.69) is 5.32 Å². The second-order valence-electron chi connectivity index (χ2n) is 7.00. The van der Waals surface area contributed by atoms with Crippen LogP contribution in [0.2, 0.25) is 0 Å². The number of anilines is 2. The number of hydrogen-bond donors (Lipinski definition) is 1. The molecule has 1 N–H and O–H groups in total. The zero-order chi connectivity index (χ0) is 21.3. The van der Waals surface area contributed by atoms with E-state index >= 15 is 0 Å². The van der Waals surface area contributed by atoms with Crippen molar-refractivity contribution in [1.82, 2.24) is 0 Å². The number of amides is 2. The van der Waals surface area contributed by atoms with Gasteiger partial charge in [0.2, 0.25) is 0 Å². The molecule has 2 aromatic carbocycles. The Labute approximate surface area is 179 Å². The molecule has 0 aliphatic carbocycles. The lowest BCUT2D eigenvalue weighted by Gasteiger charge is -2.17. The lowest BCUT2D eigenvalue weighted by atomic mass is 10.1. The highest BCUT2D eigenvalue weighted by molar-refractivity contribution is 7.11. The number of thiophene rings is 1. The molecule has 3 aromatic rings. The van der Waals surface area contributed by atoms with Crippen molar-refractivity contribution in [3.63, 3.8) is 0 Å².